The van der Waals surface area contributed by atoms with Crippen LogP contribution in [0.1, 0.15) is 21.7 Å². The van der Waals surface area contributed by atoms with Crippen LogP contribution < -0.4 is 9.46 Å². The summed E-state index contributed by atoms with van der Waals surface area (Å²) in [5.74, 6) is 1.22. The molecule has 0 unspecified atom stereocenters. The molecule has 1 aromatic heterocycles. The molecule has 1 heterocycles. The Kier molecular flexibility index (Phi) is 6.91. The lowest BCUT2D eigenvalue weighted by Crippen LogP contribution is -2.23. The molecular weight excluding hydrogens is 424 g/mol. The van der Waals surface area contributed by atoms with E-state index in [2.05, 4.69) is 14.9 Å². The third-order valence-electron chi connectivity index (χ3n) is 4.23. The van der Waals surface area contributed by atoms with Crippen LogP contribution in [0.25, 0.3) is 5.69 Å². The van der Waals surface area contributed by atoms with Crippen molar-refractivity contribution in [1.82, 2.24) is 19.5 Å². The standard InChI is InChI=1S/C20H22N4O4S2/c1-14-4-8-16(9-5-14)24-19(12-21-30(3,26)27)22-23-20(24)29-13-18(25)15-6-10-17(28-2)11-7-15/h4-11,21H,12-13H2,1-3H3. The average Bonchev–Trinajstić information content (AvgIpc) is 3.13. The number of hydrogen-bond acceptors (Lipinski definition) is 7. The predicted molar refractivity (Wildman–Crippen MR) is 116 cm³/mol. The van der Waals surface area contributed by atoms with Gasteiger partial charge in [-0.2, -0.15) is 0 Å². The van der Waals surface area contributed by atoms with Crippen molar-refractivity contribution in [2.75, 3.05) is 19.1 Å². The molecule has 1 N–H and O–H groups in total. The van der Waals surface area contributed by atoms with Gasteiger partial charge in [0.1, 0.15) is 5.75 Å². The highest BCUT2D eigenvalue weighted by molar-refractivity contribution is 7.99. The third-order valence-corrected chi connectivity index (χ3v) is 5.83. The van der Waals surface area contributed by atoms with Crippen molar-refractivity contribution in [3.63, 3.8) is 0 Å². The smallest absolute Gasteiger partial charge is 0.209 e. The molecular formula is C20H22N4O4S2. The van der Waals surface area contributed by atoms with Gasteiger partial charge in [-0.3, -0.25) is 9.36 Å². The summed E-state index contributed by atoms with van der Waals surface area (Å²) in [5.41, 5.74) is 2.45. The fourth-order valence-electron chi connectivity index (χ4n) is 2.65. The fraction of sp³-hybridized carbons (Fsp3) is 0.250. The number of sulfonamides is 1. The van der Waals surface area contributed by atoms with Crippen LogP contribution in [-0.2, 0) is 16.6 Å². The molecule has 8 nitrogen and oxygen atoms in total. The second-order valence-electron chi connectivity index (χ2n) is 6.60. The van der Waals surface area contributed by atoms with Gasteiger partial charge in [0, 0.05) is 11.3 Å². The normalized spacial score (nSPS) is 11.4. The lowest BCUT2D eigenvalue weighted by Gasteiger charge is -2.11. The lowest BCUT2D eigenvalue weighted by atomic mass is 10.1. The number of benzene rings is 2. The molecule has 0 fully saturated rings. The van der Waals surface area contributed by atoms with Crippen LogP contribution in [0, 0.1) is 6.92 Å². The number of Topliss-reactive ketones (excluding diaryl/α,β-unsaturated/α-hetero) is 1. The summed E-state index contributed by atoms with van der Waals surface area (Å²) in [7, 11) is -1.82. The SMILES string of the molecule is COc1ccc(C(=O)CSc2nnc(CNS(C)(=O)=O)n2-c2ccc(C)cc2)cc1. The van der Waals surface area contributed by atoms with Crippen molar-refractivity contribution in [1.29, 1.82) is 0 Å². The molecule has 10 heteroatoms. The van der Waals surface area contributed by atoms with E-state index in [9.17, 15) is 13.2 Å². The molecule has 0 bridgehead atoms. The summed E-state index contributed by atoms with van der Waals surface area (Å²) in [6.45, 7) is 1.97. The first-order valence-electron chi connectivity index (χ1n) is 9.03. The van der Waals surface area contributed by atoms with Gasteiger partial charge < -0.3 is 4.74 Å². The number of rotatable bonds is 9. The summed E-state index contributed by atoms with van der Waals surface area (Å²) >= 11 is 1.24. The van der Waals surface area contributed by atoms with E-state index in [0.717, 1.165) is 17.5 Å². The number of ether oxygens (including phenoxy) is 1. The number of thioether (sulfide) groups is 1. The van der Waals surface area contributed by atoms with Gasteiger partial charge >= 0.3 is 0 Å². The van der Waals surface area contributed by atoms with E-state index in [1.165, 1.54) is 11.8 Å². The number of nitrogens with one attached hydrogen (secondary N) is 1. The molecule has 0 aliphatic heterocycles. The van der Waals surface area contributed by atoms with Gasteiger partial charge in [-0.05, 0) is 43.3 Å². The zero-order valence-electron chi connectivity index (χ0n) is 16.8. The van der Waals surface area contributed by atoms with E-state index >= 15 is 0 Å². The minimum absolute atomic E-state index is 0.00725. The number of aromatic nitrogens is 3. The number of ketones is 1. The Labute approximate surface area is 179 Å². The van der Waals surface area contributed by atoms with Crippen LogP contribution in [0.4, 0.5) is 0 Å². The zero-order chi connectivity index (χ0) is 21.7. The molecule has 0 aliphatic rings. The largest absolute Gasteiger partial charge is 0.497 e. The van der Waals surface area contributed by atoms with Gasteiger partial charge in [-0.1, -0.05) is 29.5 Å². The zero-order valence-corrected chi connectivity index (χ0v) is 18.5. The molecule has 0 aliphatic carbocycles. The summed E-state index contributed by atoms with van der Waals surface area (Å²) in [5, 5.41) is 8.81. The van der Waals surface area contributed by atoms with Gasteiger partial charge in [-0.25, -0.2) is 13.1 Å². The summed E-state index contributed by atoms with van der Waals surface area (Å²) in [6.07, 6.45) is 1.09. The van der Waals surface area contributed by atoms with E-state index in [-0.39, 0.29) is 18.1 Å². The highest BCUT2D eigenvalue weighted by atomic mass is 32.2. The Balaban J connectivity index is 1.83. The van der Waals surface area contributed by atoms with Crippen LogP contribution in [-0.4, -0.2) is 48.1 Å². The van der Waals surface area contributed by atoms with Crippen LogP contribution in [0.5, 0.6) is 5.75 Å². The average molecular weight is 447 g/mol. The van der Waals surface area contributed by atoms with Gasteiger partial charge in [0.25, 0.3) is 0 Å². The molecule has 0 spiro atoms. The van der Waals surface area contributed by atoms with E-state index in [4.69, 9.17) is 4.74 Å². The quantitative estimate of drug-likeness (QED) is 0.398. The fourth-order valence-corrected chi connectivity index (χ4v) is 3.90. The number of methoxy groups -OCH3 is 1. The Morgan fingerprint density at radius 3 is 2.37 bits per heavy atom. The van der Waals surface area contributed by atoms with E-state index in [1.807, 2.05) is 31.2 Å². The molecule has 0 amide bonds. The van der Waals surface area contributed by atoms with Gasteiger partial charge in [0.15, 0.2) is 16.8 Å². The second kappa shape index (κ2) is 9.41. The van der Waals surface area contributed by atoms with Crippen molar-refractivity contribution < 1.29 is 17.9 Å². The topological polar surface area (TPSA) is 103 Å². The highest BCUT2D eigenvalue weighted by Gasteiger charge is 2.17. The molecule has 0 radical (unpaired) electrons. The molecule has 0 atom stereocenters. The third kappa shape index (κ3) is 5.68. The number of nitrogens with zero attached hydrogens (tertiary/aromatic N) is 3. The number of aryl methyl sites for hydroxylation is 1. The van der Waals surface area contributed by atoms with Crippen LogP contribution in [0.15, 0.2) is 53.7 Å². The van der Waals surface area contributed by atoms with Crippen molar-refractivity contribution in [3.05, 3.63) is 65.5 Å². The Morgan fingerprint density at radius 2 is 1.77 bits per heavy atom. The van der Waals surface area contributed by atoms with Crippen LogP contribution >= 0.6 is 11.8 Å². The van der Waals surface area contributed by atoms with Crippen molar-refractivity contribution in [2.45, 2.75) is 18.6 Å². The monoisotopic (exact) mass is 446 g/mol. The van der Waals surface area contributed by atoms with Crippen molar-refractivity contribution >= 4 is 27.6 Å². The minimum atomic E-state index is -3.39. The first-order valence-corrected chi connectivity index (χ1v) is 11.9. The number of carbonyl (C=O) groups is 1. The number of hydrogen-bond donors (Lipinski definition) is 1. The van der Waals surface area contributed by atoms with Crippen molar-refractivity contribution in [2.24, 2.45) is 0 Å². The maximum Gasteiger partial charge on any atom is 0.209 e. The molecule has 30 heavy (non-hydrogen) atoms. The number of carbonyl (C=O) groups excluding carboxylic acids is 1. The van der Waals surface area contributed by atoms with Gasteiger partial charge in [0.2, 0.25) is 10.0 Å². The molecule has 0 saturated carbocycles. The van der Waals surface area contributed by atoms with Crippen LogP contribution in [0.3, 0.4) is 0 Å². The Morgan fingerprint density at radius 1 is 1.10 bits per heavy atom. The van der Waals surface area contributed by atoms with Gasteiger partial charge in [-0.15, -0.1) is 10.2 Å². The molecule has 158 valence electrons. The van der Waals surface area contributed by atoms with E-state index in [0.29, 0.717) is 22.3 Å². The Bertz CT molecular complexity index is 1120. The summed E-state index contributed by atoms with van der Waals surface area (Å²) in [6, 6.07) is 14.6. The van der Waals surface area contributed by atoms with Crippen LogP contribution in [0.2, 0.25) is 0 Å². The summed E-state index contributed by atoms with van der Waals surface area (Å²) in [4.78, 5) is 12.6. The first kappa shape index (κ1) is 22.0. The highest BCUT2D eigenvalue weighted by Crippen LogP contribution is 2.24. The summed E-state index contributed by atoms with van der Waals surface area (Å²) < 4.78 is 32.3. The van der Waals surface area contributed by atoms with Crippen molar-refractivity contribution in [3.8, 4) is 11.4 Å². The Hall–Kier alpha value is -2.69. The molecule has 3 aromatic rings. The minimum Gasteiger partial charge on any atom is -0.497 e. The maximum absolute atomic E-state index is 12.6. The first-order chi connectivity index (χ1) is 14.3. The lowest BCUT2D eigenvalue weighted by molar-refractivity contribution is 0.102. The van der Waals surface area contributed by atoms with Gasteiger partial charge in [0.05, 0.1) is 25.7 Å². The molecule has 3 rings (SSSR count). The van der Waals surface area contributed by atoms with E-state index < -0.39 is 10.0 Å². The maximum atomic E-state index is 12.6. The molecule has 0 saturated heterocycles. The second-order valence-corrected chi connectivity index (χ2v) is 9.38. The van der Waals surface area contributed by atoms with E-state index in [1.54, 1.807) is 35.9 Å². The predicted octanol–water partition coefficient (Wildman–Crippen LogP) is 2.61. The molecule has 2 aromatic carbocycles.